The molecule has 12 amide bonds. The van der Waals surface area contributed by atoms with Crippen LogP contribution in [0.15, 0.2) is 67.1 Å². The minimum atomic E-state index is -1.86. The van der Waals surface area contributed by atoms with Crippen LogP contribution in [0.2, 0.25) is 0 Å². The first-order valence-electron chi connectivity index (χ1n) is 31.9. The van der Waals surface area contributed by atoms with Gasteiger partial charge in [-0.15, -0.1) is 0 Å². The summed E-state index contributed by atoms with van der Waals surface area (Å²) in [6.45, 7) is 2.51. The molecule has 98 heavy (non-hydrogen) atoms. The van der Waals surface area contributed by atoms with Crippen LogP contribution in [0.1, 0.15) is 82.5 Å². The Bertz CT molecular complexity index is 3230. The van der Waals surface area contributed by atoms with E-state index in [1.54, 1.807) is 56.7 Å². The van der Waals surface area contributed by atoms with E-state index in [0.717, 1.165) is 11.8 Å². The van der Waals surface area contributed by atoms with Crippen molar-refractivity contribution in [3.8, 4) is 5.75 Å². The van der Waals surface area contributed by atoms with Gasteiger partial charge in [-0.05, 0) is 98.6 Å². The van der Waals surface area contributed by atoms with Gasteiger partial charge < -0.3 is 99.6 Å². The number of nitrogens with zero attached hydrogens (tertiary/aromatic N) is 3. The number of hydrogen-bond donors (Lipinski definition) is 17. The molecule has 2 aliphatic rings. The van der Waals surface area contributed by atoms with Crippen molar-refractivity contribution in [1.29, 1.82) is 0 Å². The van der Waals surface area contributed by atoms with Crippen molar-refractivity contribution >= 4 is 100 Å². The lowest BCUT2D eigenvalue weighted by atomic mass is 9.99. The predicted octanol–water partition coefficient (Wildman–Crippen LogP) is -4.70. The smallest absolute Gasteiger partial charge is 0.326 e. The molecule has 0 unspecified atom stereocenters. The number of carboxylic acids is 1. The fourth-order valence-electron chi connectivity index (χ4n) is 11.0. The predicted molar refractivity (Wildman–Crippen MR) is 357 cm³/mol. The molecule has 19 N–H and O–H groups in total. The quantitative estimate of drug-likeness (QED) is 0.0255. The number of carbonyl (C=O) groups is 13. The molecule has 0 bridgehead atoms. The molecule has 0 spiro atoms. The number of primary amides is 1. The molecule has 33 nitrogen and oxygen atoms in total. The number of benzene rings is 2. The van der Waals surface area contributed by atoms with Crippen LogP contribution in [-0.2, 0) is 81.6 Å². The summed E-state index contributed by atoms with van der Waals surface area (Å²) in [5.74, 6) is -12.4. The number of aliphatic hydroxyl groups excluding tert-OH is 3. The molecule has 3 heterocycles. The summed E-state index contributed by atoms with van der Waals surface area (Å²) in [6.07, 6.45) is 4.28. The van der Waals surface area contributed by atoms with Crippen LogP contribution in [0.25, 0.3) is 0 Å². The van der Waals surface area contributed by atoms with Crippen molar-refractivity contribution in [2.45, 2.75) is 164 Å². The first kappa shape index (κ1) is 79.8. The Hall–Kier alpha value is -8.90. The average Bonchev–Trinajstić information content (AvgIpc) is 1.30. The monoisotopic (exact) mass is 1410 g/mol. The highest BCUT2D eigenvalue weighted by molar-refractivity contribution is 7.98. The Morgan fingerprint density at radius 1 is 0.571 bits per heavy atom. The number of nitrogens with one attached hydrogen (secondary N) is 10. The molecule has 2 aliphatic heterocycles. The number of aliphatic hydroxyl groups is 3. The number of carbonyl (C=O) groups excluding carboxylic acids is 12. The van der Waals surface area contributed by atoms with Gasteiger partial charge in [0.15, 0.2) is 0 Å². The van der Waals surface area contributed by atoms with Gasteiger partial charge in [-0.1, -0.05) is 56.3 Å². The van der Waals surface area contributed by atoms with Crippen LogP contribution in [-0.4, -0.2) is 251 Å². The maximum absolute atomic E-state index is 14.7. The topological polar surface area (TPSA) is 519 Å². The number of nitrogens with two attached hydrogens (primary N) is 2. The van der Waals surface area contributed by atoms with E-state index in [1.807, 2.05) is 0 Å². The van der Waals surface area contributed by atoms with Crippen LogP contribution in [0.5, 0.6) is 5.75 Å². The maximum atomic E-state index is 14.7. The zero-order valence-electron chi connectivity index (χ0n) is 55.1. The zero-order valence-corrected chi connectivity index (χ0v) is 56.7. The molecule has 2 saturated heterocycles. The number of aromatic nitrogens is 2. The largest absolute Gasteiger partial charge is 0.508 e. The summed E-state index contributed by atoms with van der Waals surface area (Å²) in [5.41, 5.74) is 12.2. The Morgan fingerprint density at radius 2 is 1.03 bits per heavy atom. The van der Waals surface area contributed by atoms with Crippen LogP contribution >= 0.6 is 23.5 Å². The number of carboxylic acid groups (broad SMARTS) is 1. The number of aliphatic carboxylic acids is 1. The van der Waals surface area contributed by atoms with Gasteiger partial charge in [-0.3, -0.25) is 57.5 Å². The first-order valence-corrected chi connectivity index (χ1v) is 34.7. The van der Waals surface area contributed by atoms with Crippen LogP contribution in [0.3, 0.4) is 0 Å². The Balaban J connectivity index is 1.33. The van der Waals surface area contributed by atoms with Crippen molar-refractivity contribution in [3.05, 3.63) is 83.9 Å². The van der Waals surface area contributed by atoms with Crippen molar-refractivity contribution in [2.75, 3.05) is 50.3 Å². The molecular formula is C63H91N15O18S2. The minimum absolute atomic E-state index is 0.0263. The van der Waals surface area contributed by atoms with Gasteiger partial charge >= 0.3 is 5.97 Å². The lowest BCUT2D eigenvalue weighted by Gasteiger charge is -2.31. The summed E-state index contributed by atoms with van der Waals surface area (Å²) in [7, 11) is 0. The van der Waals surface area contributed by atoms with Crippen molar-refractivity contribution < 1.29 is 87.9 Å². The van der Waals surface area contributed by atoms with Gasteiger partial charge in [0.2, 0.25) is 70.9 Å². The van der Waals surface area contributed by atoms with Gasteiger partial charge in [-0.25, -0.2) is 9.78 Å². The molecule has 1 aromatic heterocycles. The highest BCUT2D eigenvalue weighted by Crippen LogP contribution is 2.23. The van der Waals surface area contributed by atoms with E-state index in [-0.39, 0.29) is 75.2 Å². The summed E-state index contributed by atoms with van der Waals surface area (Å²) >= 11 is 2.69. The van der Waals surface area contributed by atoms with Crippen molar-refractivity contribution in [1.82, 2.24) is 67.6 Å². The second-order valence-electron chi connectivity index (χ2n) is 24.1. The van der Waals surface area contributed by atoms with E-state index in [0.29, 0.717) is 29.7 Å². The molecular weight excluding hydrogens is 1320 g/mol. The third-order valence-electron chi connectivity index (χ3n) is 16.3. The number of H-pyrrole nitrogens is 1. The number of phenolic OH excluding ortho intramolecular Hbond substituents is 1. The third-order valence-corrected chi connectivity index (χ3v) is 17.6. The molecule has 538 valence electrons. The number of aromatic amines is 1. The van der Waals surface area contributed by atoms with E-state index in [1.165, 1.54) is 65.2 Å². The van der Waals surface area contributed by atoms with E-state index >= 15 is 0 Å². The Labute approximate surface area is 574 Å². The summed E-state index contributed by atoms with van der Waals surface area (Å²) < 4.78 is 0. The molecule has 3 aromatic rings. The van der Waals surface area contributed by atoms with Crippen molar-refractivity contribution in [2.24, 2.45) is 17.4 Å². The standard InChI is InChI=1S/C63H91N15O18S2/c1-33(2)50(75-52(84)39(64)28-49(65)83)59(91)71-43(26-36-15-17-38(82)18-16-36)56(88)76-51(34(3)81)60(92)72-42(25-35-11-7-6-8-12-35)54(86)70-44(27-37-29-66-32-67-37)55(87)73-45(30-79)57(89)68-40(19-23-97-4)53(85)74-46(31-80)62(94)77-21-9-13-47(77)58(90)69-41(20-24-98-5)61(93)78-22-10-14-48(78)63(95)96/h6-8,11-12,15-18,29,32-34,39-48,50-51,79-82H,9-10,13-14,19-28,30-31,64H2,1-5H3,(H2,65,83)(H,66,67)(H,68,89)(H,69,90)(H,70,86)(H,71,91)(H,72,92)(H,73,87)(H,74,85)(H,75,84)(H,76,88)(H,95,96)/t34-,39+,40+,41+,42+,43+,44+,45+,46+,47+,48+,50+,51+/m1/s1. The summed E-state index contributed by atoms with van der Waals surface area (Å²) in [5, 5.41) is 74.7. The SMILES string of the molecule is CSCC[C@H](NC(=O)[C@H](CO)NC(=O)[C@H](Cc1cnc[nH]1)NC(=O)[C@H](Cc1ccccc1)NC(=O)[C@@H](NC(=O)[C@H](Cc1ccc(O)cc1)NC(=O)[C@@H](NC(=O)[C@@H](N)CC(N)=O)C(C)C)[C@@H](C)O)C(=O)N[C@@H](CO)C(=O)N1CCC[C@H]1C(=O)N[C@@H](CCSC)C(=O)N1CCC[C@H]1C(=O)O. The fraction of sp³-hybridized carbons (Fsp3) is 0.556. The van der Waals surface area contributed by atoms with Gasteiger partial charge in [0, 0.05) is 44.2 Å². The normalized spacial score (nSPS) is 17.7. The fourth-order valence-corrected chi connectivity index (χ4v) is 11.9. The summed E-state index contributed by atoms with van der Waals surface area (Å²) in [4.78, 5) is 188. The average molecular weight is 1410 g/mol. The first-order chi connectivity index (χ1) is 46.6. The van der Waals surface area contributed by atoms with Gasteiger partial charge in [0.1, 0.15) is 72.2 Å². The van der Waals surface area contributed by atoms with Crippen LogP contribution < -0.4 is 59.3 Å². The molecule has 0 aliphatic carbocycles. The van der Waals surface area contributed by atoms with Gasteiger partial charge in [0.25, 0.3) is 0 Å². The Kier molecular flexibility index (Phi) is 32.1. The van der Waals surface area contributed by atoms with Crippen molar-refractivity contribution in [3.63, 3.8) is 0 Å². The molecule has 2 aromatic carbocycles. The summed E-state index contributed by atoms with van der Waals surface area (Å²) in [6, 6.07) is -3.86. The highest BCUT2D eigenvalue weighted by Gasteiger charge is 2.43. The second kappa shape index (κ2) is 39.5. The van der Waals surface area contributed by atoms with E-state index in [2.05, 4.69) is 57.8 Å². The number of imidazole rings is 1. The lowest BCUT2D eigenvalue weighted by Crippen LogP contribution is -2.63. The third kappa shape index (κ3) is 24.0. The van der Waals surface area contributed by atoms with E-state index in [4.69, 9.17) is 11.5 Å². The highest BCUT2D eigenvalue weighted by atomic mass is 32.2. The molecule has 5 rings (SSSR count). The number of thioether (sulfide) groups is 2. The number of rotatable bonds is 39. The number of aromatic hydroxyl groups is 1. The molecule has 2 fully saturated rings. The zero-order chi connectivity index (χ0) is 72.3. The van der Waals surface area contributed by atoms with Crippen LogP contribution in [0.4, 0.5) is 0 Å². The molecule has 0 radical (unpaired) electrons. The molecule has 0 saturated carbocycles. The number of phenols is 1. The molecule has 35 heteroatoms. The second-order valence-corrected chi connectivity index (χ2v) is 26.1. The minimum Gasteiger partial charge on any atom is -0.508 e. The Morgan fingerprint density at radius 3 is 1.56 bits per heavy atom. The van der Waals surface area contributed by atoms with Crippen LogP contribution in [0, 0.1) is 5.92 Å². The van der Waals surface area contributed by atoms with Gasteiger partial charge in [0.05, 0.1) is 38.1 Å². The molecule has 13 atom stereocenters. The maximum Gasteiger partial charge on any atom is 0.326 e. The van der Waals surface area contributed by atoms with E-state index in [9.17, 15) is 87.9 Å². The lowest BCUT2D eigenvalue weighted by molar-refractivity contribution is -0.150. The number of amides is 12. The van der Waals surface area contributed by atoms with Gasteiger partial charge in [-0.2, -0.15) is 23.5 Å². The van der Waals surface area contributed by atoms with E-state index < -0.39 is 181 Å². The number of likely N-dealkylation sites (tertiary alicyclic amines) is 2. The number of hydrogen-bond acceptors (Lipinski definition) is 21.